The van der Waals surface area contributed by atoms with Crippen LogP contribution in [0.4, 0.5) is 17.3 Å². The number of aromatic nitrogens is 3. The predicted molar refractivity (Wildman–Crippen MR) is 217 cm³/mol. The van der Waals surface area contributed by atoms with E-state index in [4.69, 9.17) is 19.4 Å². The Labute approximate surface area is 309 Å². The van der Waals surface area contributed by atoms with Crippen LogP contribution < -0.4 is 4.90 Å². The average Bonchev–Trinajstić information content (AvgIpc) is 3.60. The Balaban J connectivity index is 1.14. The fraction of sp³-hybridized carbons (Fsp3) is 0. The van der Waals surface area contributed by atoms with Gasteiger partial charge in [0.2, 0.25) is 5.95 Å². The Hall–Kier alpha value is -6.76. The fourth-order valence-electron chi connectivity index (χ4n) is 7.69. The first-order chi connectivity index (χ1) is 26.3. The Morgan fingerprint density at radius 3 is 1.87 bits per heavy atom. The standard InChI is InChI=1S/C47H28N4OS/c1-2-14-30(15-3-1)45-48-46(50-47(49-45)51-38-21-8-10-23-42(38)53-43-24-11-9-22-39(43)51)31-25-26-40-37(27-31)44-35-19-7-6-18-34(35)36(28-41(44)52-40)33-20-12-16-29-13-4-5-17-32(29)33/h1-28H. The largest absolute Gasteiger partial charge is 0.456 e. The van der Waals surface area contributed by atoms with Crippen LogP contribution in [-0.4, -0.2) is 15.0 Å². The molecule has 0 spiro atoms. The highest BCUT2D eigenvalue weighted by atomic mass is 32.2. The Morgan fingerprint density at radius 2 is 1.08 bits per heavy atom. The van der Waals surface area contributed by atoms with E-state index < -0.39 is 0 Å². The second-order valence-electron chi connectivity index (χ2n) is 13.2. The van der Waals surface area contributed by atoms with Crippen molar-refractivity contribution in [1.82, 2.24) is 15.0 Å². The van der Waals surface area contributed by atoms with E-state index in [1.165, 1.54) is 21.7 Å². The molecule has 10 aromatic rings. The number of nitrogens with zero attached hydrogens (tertiary/aromatic N) is 4. The Kier molecular flexibility index (Phi) is 6.72. The third-order valence-electron chi connectivity index (χ3n) is 10.1. The summed E-state index contributed by atoms with van der Waals surface area (Å²) >= 11 is 1.76. The number of para-hydroxylation sites is 2. The van der Waals surface area contributed by atoms with Crippen molar-refractivity contribution in [3.05, 3.63) is 170 Å². The summed E-state index contributed by atoms with van der Waals surface area (Å²) in [6, 6.07) is 59.1. The number of hydrogen-bond donors (Lipinski definition) is 0. The van der Waals surface area contributed by atoms with Crippen LogP contribution in [-0.2, 0) is 0 Å². The quantitative estimate of drug-likeness (QED) is 0.183. The van der Waals surface area contributed by atoms with Crippen molar-refractivity contribution in [2.75, 3.05) is 4.90 Å². The van der Waals surface area contributed by atoms with Crippen molar-refractivity contribution < 1.29 is 4.42 Å². The van der Waals surface area contributed by atoms with Gasteiger partial charge in [-0.05, 0) is 81.2 Å². The molecule has 1 aliphatic rings. The maximum Gasteiger partial charge on any atom is 0.238 e. The fourth-order valence-corrected chi connectivity index (χ4v) is 8.75. The van der Waals surface area contributed by atoms with Crippen molar-refractivity contribution in [2.24, 2.45) is 0 Å². The minimum absolute atomic E-state index is 0.566. The Bertz CT molecular complexity index is 3010. The summed E-state index contributed by atoms with van der Waals surface area (Å²) in [4.78, 5) is 19.9. The molecule has 0 N–H and O–H groups in total. The highest BCUT2D eigenvalue weighted by Crippen LogP contribution is 2.51. The molecule has 0 saturated heterocycles. The molecule has 53 heavy (non-hydrogen) atoms. The zero-order chi connectivity index (χ0) is 34.9. The molecule has 0 aliphatic carbocycles. The molecule has 3 heterocycles. The topological polar surface area (TPSA) is 55.1 Å². The predicted octanol–water partition coefficient (Wildman–Crippen LogP) is 13.0. The third kappa shape index (κ3) is 4.84. The molecule has 0 bridgehead atoms. The van der Waals surface area contributed by atoms with Crippen LogP contribution in [0, 0.1) is 0 Å². The van der Waals surface area contributed by atoms with Crippen LogP contribution >= 0.6 is 11.8 Å². The van der Waals surface area contributed by atoms with E-state index in [9.17, 15) is 0 Å². The van der Waals surface area contributed by atoms with Gasteiger partial charge in [0.05, 0.1) is 11.4 Å². The molecule has 248 valence electrons. The van der Waals surface area contributed by atoms with Gasteiger partial charge in [-0.15, -0.1) is 0 Å². The molecule has 0 radical (unpaired) electrons. The van der Waals surface area contributed by atoms with Crippen molar-refractivity contribution in [2.45, 2.75) is 9.79 Å². The molecule has 0 fully saturated rings. The van der Waals surface area contributed by atoms with Gasteiger partial charge in [0.1, 0.15) is 11.2 Å². The van der Waals surface area contributed by atoms with Gasteiger partial charge >= 0.3 is 0 Å². The van der Waals surface area contributed by atoms with Crippen LogP contribution in [0.1, 0.15) is 0 Å². The summed E-state index contributed by atoms with van der Waals surface area (Å²) < 4.78 is 6.65. The number of benzene rings is 8. The molecule has 1 aliphatic heterocycles. The van der Waals surface area contributed by atoms with Crippen LogP contribution in [0.2, 0.25) is 0 Å². The lowest BCUT2D eigenvalue weighted by Gasteiger charge is -2.31. The lowest BCUT2D eigenvalue weighted by Crippen LogP contribution is -2.18. The monoisotopic (exact) mass is 696 g/mol. The minimum atomic E-state index is 0.566. The van der Waals surface area contributed by atoms with Gasteiger partial charge in [-0.25, -0.2) is 4.98 Å². The molecule has 0 atom stereocenters. The first kappa shape index (κ1) is 29.9. The van der Waals surface area contributed by atoms with Gasteiger partial charge in [-0.2, -0.15) is 9.97 Å². The highest BCUT2D eigenvalue weighted by Gasteiger charge is 2.28. The zero-order valence-corrected chi connectivity index (χ0v) is 29.1. The number of rotatable bonds is 4. The second-order valence-corrected chi connectivity index (χ2v) is 14.3. The van der Waals surface area contributed by atoms with Crippen LogP contribution in [0.15, 0.2) is 184 Å². The number of hydrogen-bond acceptors (Lipinski definition) is 6. The van der Waals surface area contributed by atoms with E-state index >= 15 is 0 Å². The van der Waals surface area contributed by atoms with E-state index in [0.29, 0.717) is 17.6 Å². The minimum Gasteiger partial charge on any atom is -0.456 e. The zero-order valence-electron chi connectivity index (χ0n) is 28.3. The van der Waals surface area contributed by atoms with Gasteiger partial charge < -0.3 is 4.42 Å². The van der Waals surface area contributed by atoms with Gasteiger partial charge in [-0.1, -0.05) is 133 Å². The summed E-state index contributed by atoms with van der Waals surface area (Å²) in [6.07, 6.45) is 0. The summed E-state index contributed by atoms with van der Waals surface area (Å²) in [7, 11) is 0. The van der Waals surface area contributed by atoms with Gasteiger partial charge in [0.15, 0.2) is 11.6 Å². The molecular weight excluding hydrogens is 669 g/mol. The molecule has 2 aromatic heterocycles. The second kappa shape index (κ2) is 11.9. The first-order valence-electron chi connectivity index (χ1n) is 17.6. The van der Waals surface area contributed by atoms with Crippen LogP contribution in [0.3, 0.4) is 0 Å². The van der Waals surface area contributed by atoms with Crippen molar-refractivity contribution in [3.63, 3.8) is 0 Å². The molecular formula is C47H28N4OS. The molecule has 0 unspecified atom stereocenters. The number of fused-ring (bicyclic) bond motifs is 8. The van der Waals surface area contributed by atoms with Gasteiger partial charge in [0, 0.05) is 31.7 Å². The smallest absolute Gasteiger partial charge is 0.238 e. The van der Waals surface area contributed by atoms with E-state index in [2.05, 4.69) is 138 Å². The van der Waals surface area contributed by atoms with Crippen molar-refractivity contribution in [3.8, 4) is 33.9 Å². The van der Waals surface area contributed by atoms with Crippen molar-refractivity contribution >= 4 is 72.6 Å². The number of furan rings is 1. The molecule has 0 amide bonds. The average molecular weight is 697 g/mol. The van der Waals surface area contributed by atoms with E-state index in [0.717, 1.165) is 65.2 Å². The summed E-state index contributed by atoms with van der Waals surface area (Å²) in [5.74, 6) is 1.77. The third-order valence-corrected chi connectivity index (χ3v) is 11.2. The normalized spacial score (nSPS) is 12.4. The summed E-state index contributed by atoms with van der Waals surface area (Å²) in [5, 5.41) is 6.85. The highest BCUT2D eigenvalue weighted by molar-refractivity contribution is 7.99. The molecule has 6 heteroatoms. The molecule has 0 saturated carbocycles. The summed E-state index contributed by atoms with van der Waals surface area (Å²) in [6.45, 7) is 0. The molecule has 8 aromatic carbocycles. The number of anilines is 3. The lowest BCUT2D eigenvalue weighted by atomic mass is 9.92. The first-order valence-corrected chi connectivity index (χ1v) is 18.4. The van der Waals surface area contributed by atoms with Crippen molar-refractivity contribution in [1.29, 1.82) is 0 Å². The van der Waals surface area contributed by atoms with Crippen LogP contribution in [0.25, 0.3) is 77.4 Å². The Morgan fingerprint density at radius 1 is 0.434 bits per heavy atom. The van der Waals surface area contributed by atoms with Gasteiger partial charge in [-0.3, -0.25) is 4.90 Å². The SMILES string of the molecule is c1ccc(-c2nc(-c3ccc4oc5cc(-c6cccc7ccccc67)c6ccccc6c5c4c3)nc(N3c4ccccc4Sc4ccccc43)n2)cc1. The maximum absolute atomic E-state index is 6.65. The van der Waals surface area contributed by atoms with Gasteiger partial charge in [0.25, 0.3) is 0 Å². The summed E-state index contributed by atoms with van der Waals surface area (Å²) in [5.41, 5.74) is 7.89. The lowest BCUT2D eigenvalue weighted by molar-refractivity contribution is 0.669. The van der Waals surface area contributed by atoms with E-state index in [-0.39, 0.29) is 0 Å². The maximum atomic E-state index is 6.65. The molecule has 5 nitrogen and oxygen atoms in total. The molecule has 11 rings (SSSR count). The van der Waals surface area contributed by atoms with E-state index in [1.807, 2.05) is 36.4 Å². The van der Waals surface area contributed by atoms with Crippen LogP contribution in [0.5, 0.6) is 0 Å². The van der Waals surface area contributed by atoms with E-state index in [1.54, 1.807) is 11.8 Å².